The van der Waals surface area contributed by atoms with Crippen LogP contribution in [0, 0.1) is 23.2 Å². The molecular weight excluding hydrogens is 300 g/mol. The summed E-state index contributed by atoms with van der Waals surface area (Å²) in [4.78, 5) is 2.55. The van der Waals surface area contributed by atoms with Gasteiger partial charge in [0.15, 0.2) is 0 Å². The van der Waals surface area contributed by atoms with Crippen LogP contribution < -0.4 is 0 Å². The number of methoxy groups -OCH3 is 1. The molecule has 2 aliphatic carbocycles. The van der Waals surface area contributed by atoms with Crippen LogP contribution in [-0.4, -0.2) is 48.0 Å². The maximum atomic E-state index is 10.7. The van der Waals surface area contributed by atoms with Crippen molar-refractivity contribution in [2.24, 2.45) is 11.8 Å². The smallest absolute Gasteiger partial charge is 0.0991 e. The zero-order valence-electron chi connectivity index (χ0n) is 14.5. The molecule has 1 N–H and O–H groups in total. The quantitative estimate of drug-likeness (QED) is 0.924. The van der Waals surface area contributed by atoms with Gasteiger partial charge in [-0.1, -0.05) is 6.07 Å². The molecule has 2 bridgehead atoms. The standard InChI is InChI=1S/C20H26N2O2/c1-20(23)10-18-19(24-2)17(20)5-6-22(18)12-14-8-15-4-3-13(11-21)7-16(15)9-14/h3-4,7,14,17-19,23H,5-6,8-10,12H2,1-2H3/t14?,17-,18?,19-,20+/m1/s1. The third-order valence-corrected chi connectivity index (χ3v) is 6.51. The van der Waals surface area contributed by atoms with Crippen LogP contribution in [0.1, 0.15) is 36.5 Å². The summed E-state index contributed by atoms with van der Waals surface area (Å²) in [7, 11) is 1.78. The van der Waals surface area contributed by atoms with Crippen molar-refractivity contribution in [2.75, 3.05) is 20.2 Å². The van der Waals surface area contributed by atoms with E-state index in [0.29, 0.717) is 12.0 Å². The number of nitrogens with zero attached hydrogens (tertiary/aromatic N) is 2. The first kappa shape index (κ1) is 16.1. The average molecular weight is 326 g/mol. The van der Waals surface area contributed by atoms with Gasteiger partial charge < -0.3 is 9.84 Å². The Labute approximate surface area is 144 Å². The lowest BCUT2D eigenvalue weighted by atomic mass is 9.87. The zero-order valence-corrected chi connectivity index (χ0v) is 14.5. The molecule has 1 aromatic carbocycles. The largest absolute Gasteiger partial charge is 0.390 e. The number of nitriles is 1. The summed E-state index contributed by atoms with van der Waals surface area (Å²) >= 11 is 0. The van der Waals surface area contributed by atoms with Crippen LogP contribution >= 0.6 is 0 Å². The van der Waals surface area contributed by atoms with Gasteiger partial charge in [0.2, 0.25) is 0 Å². The van der Waals surface area contributed by atoms with Crippen LogP contribution in [0.25, 0.3) is 0 Å². The lowest BCUT2D eigenvalue weighted by Gasteiger charge is -2.40. The second-order valence-electron chi connectivity index (χ2n) is 8.09. The van der Waals surface area contributed by atoms with Crippen molar-refractivity contribution in [3.8, 4) is 6.07 Å². The average Bonchev–Trinajstić information content (AvgIpc) is 3.04. The van der Waals surface area contributed by atoms with E-state index in [1.807, 2.05) is 13.0 Å². The number of hydrogen-bond acceptors (Lipinski definition) is 4. The van der Waals surface area contributed by atoms with E-state index in [1.165, 1.54) is 11.1 Å². The van der Waals surface area contributed by atoms with Crippen LogP contribution in [0.2, 0.25) is 0 Å². The molecule has 0 aromatic heterocycles. The summed E-state index contributed by atoms with van der Waals surface area (Å²) in [6.45, 7) is 4.09. The number of aliphatic hydroxyl groups is 1. The maximum absolute atomic E-state index is 10.7. The molecule has 4 rings (SSSR count). The van der Waals surface area contributed by atoms with E-state index in [1.54, 1.807) is 7.11 Å². The number of fused-ring (bicyclic) bond motifs is 3. The second-order valence-corrected chi connectivity index (χ2v) is 8.09. The van der Waals surface area contributed by atoms with Gasteiger partial charge in [-0.25, -0.2) is 0 Å². The van der Waals surface area contributed by atoms with Crippen LogP contribution in [0.4, 0.5) is 0 Å². The lowest BCUT2D eigenvalue weighted by Crippen LogP contribution is -2.50. The minimum atomic E-state index is -0.597. The van der Waals surface area contributed by atoms with Gasteiger partial charge in [-0.15, -0.1) is 0 Å². The molecule has 0 amide bonds. The summed E-state index contributed by atoms with van der Waals surface area (Å²) in [5.74, 6) is 0.872. The molecular formula is C20H26N2O2. The molecule has 0 spiro atoms. The van der Waals surface area contributed by atoms with Crippen molar-refractivity contribution in [1.82, 2.24) is 4.90 Å². The first-order chi connectivity index (χ1) is 11.5. The third-order valence-electron chi connectivity index (χ3n) is 6.51. The molecule has 0 radical (unpaired) electrons. The van der Waals surface area contributed by atoms with Gasteiger partial charge in [-0.05, 0) is 68.3 Å². The predicted octanol–water partition coefficient (Wildman–Crippen LogP) is 2.13. The van der Waals surface area contributed by atoms with E-state index in [4.69, 9.17) is 10.00 Å². The third kappa shape index (κ3) is 2.56. The zero-order chi connectivity index (χ0) is 16.9. The SMILES string of the molecule is CO[C@H]1C2C[C@](C)(O)[C@@H]1CCN2CC1Cc2ccc(C#N)cc2C1. The molecule has 2 fully saturated rings. The number of ether oxygens (including phenoxy) is 1. The van der Waals surface area contributed by atoms with Gasteiger partial charge in [-0.2, -0.15) is 5.26 Å². The normalized spacial score (nSPS) is 38.1. The maximum Gasteiger partial charge on any atom is 0.0991 e. The number of rotatable bonds is 3. The van der Waals surface area contributed by atoms with Crippen molar-refractivity contribution >= 4 is 0 Å². The van der Waals surface area contributed by atoms with Crippen molar-refractivity contribution in [1.29, 1.82) is 5.26 Å². The fourth-order valence-corrected chi connectivity index (χ4v) is 5.38. The Balaban J connectivity index is 1.46. The Morgan fingerprint density at radius 2 is 2.17 bits per heavy atom. The molecule has 4 nitrogen and oxygen atoms in total. The number of piperidine rings is 1. The molecule has 1 aromatic rings. The summed E-state index contributed by atoms with van der Waals surface area (Å²) in [5.41, 5.74) is 2.91. The van der Waals surface area contributed by atoms with Crippen molar-refractivity contribution in [3.05, 3.63) is 34.9 Å². The molecule has 2 unspecified atom stereocenters. The van der Waals surface area contributed by atoms with Crippen molar-refractivity contribution in [3.63, 3.8) is 0 Å². The number of likely N-dealkylation sites (tertiary alicyclic amines) is 1. The summed E-state index contributed by atoms with van der Waals surface area (Å²) in [6.07, 6.45) is 4.14. The Morgan fingerprint density at radius 1 is 1.38 bits per heavy atom. The highest BCUT2D eigenvalue weighted by Crippen LogP contribution is 2.45. The van der Waals surface area contributed by atoms with Gasteiger partial charge in [0.1, 0.15) is 0 Å². The highest BCUT2D eigenvalue weighted by atomic mass is 16.5. The lowest BCUT2D eigenvalue weighted by molar-refractivity contribution is -0.0592. The topological polar surface area (TPSA) is 56.5 Å². The minimum absolute atomic E-state index is 0.155. The second kappa shape index (κ2) is 5.84. The van der Waals surface area contributed by atoms with E-state index in [-0.39, 0.29) is 12.0 Å². The summed E-state index contributed by atoms with van der Waals surface area (Å²) in [5, 5.41) is 19.8. The fourth-order valence-electron chi connectivity index (χ4n) is 5.38. The van der Waals surface area contributed by atoms with Crippen molar-refractivity contribution < 1.29 is 9.84 Å². The Bertz CT molecular complexity index is 679. The predicted molar refractivity (Wildman–Crippen MR) is 91.6 cm³/mol. The van der Waals surface area contributed by atoms with Gasteiger partial charge in [0.05, 0.1) is 23.3 Å². The minimum Gasteiger partial charge on any atom is -0.390 e. The van der Waals surface area contributed by atoms with E-state index in [9.17, 15) is 5.11 Å². The molecule has 4 heteroatoms. The summed E-state index contributed by atoms with van der Waals surface area (Å²) < 4.78 is 5.76. The molecule has 128 valence electrons. The molecule has 1 heterocycles. The van der Waals surface area contributed by atoms with E-state index >= 15 is 0 Å². The Morgan fingerprint density at radius 3 is 2.92 bits per heavy atom. The van der Waals surface area contributed by atoms with Crippen molar-refractivity contribution in [2.45, 2.75) is 50.4 Å². The van der Waals surface area contributed by atoms with E-state index in [2.05, 4.69) is 23.1 Å². The molecule has 24 heavy (non-hydrogen) atoms. The molecule has 5 atom stereocenters. The molecule has 1 saturated carbocycles. The monoisotopic (exact) mass is 326 g/mol. The number of benzene rings is 1. The summed E-state index contributed by atoms with van der Waals surface area (Å²) in [6, 6.07) is 8.69. The van der Waals surface area contributed by atoms with Crippen LogP contribution in [-0.2, 0) is 17.6 Å². The highest BCUT2D eigenvalue weighted by molar-refractivity contribution is 5.41. The van der Waals surface area contributed by atoms with Gasteiger partial charge >= 0.3 is 0 Å². The van der Waals surface area contributed by atoms with Gasteiger partial charge in [0, 0.05) is 25.6 Å². The van der Waals surface area contributed by atoms with E-state index < -0.39 is 5.60 Å². The highest BCUT2D eigenvalue weighted by Gasteiger charge is 2.54. The molecule has 3 aliphatic rings. The van der Waals surface area contributed by atoms with Gasteiger partial charge in [-0.3, -0.25) is 4.90 Å². The Hall–Kier alpha value is -1.41. The van der Waals surface area contributed by atoms with Crippen LogP contribution in [0.5, 0.6) is 0 Å². The fraction of sp³-hybridized carbons (Fsp3) is 0.650. The molecule has 1 aliphatic heterocycles. The van der Waals surface area contributed by atoms with Crippen LogP contribution in [0.3, 0.4) is 0 Å². The first-order valence-electron chi connectivity index (χ1n) is 9.03. The molecule has 1 saturated heterocycles. The van der Waals surface area contributed by atoms with Gasteiger partial charge in [0.25, 0.3) is 0 Å². The Kier molecular flexibility index (Phi) is 3.91. The first-order valence-corrected chi connectivity index (χ1v) is 9.03. The van der Waals surface area contributed by atoms with E-state index in [0.717, 1.165) is 44.3 Å². The van der Waals surface area contributed by atoms with Crippen LogP contribution in [0.15, 0.2) is 18.2 Å². The number of hydrogen-bond donors (Lipinski definition) is 1.